The van der Waals surface area contributed by atoms with Crippen molar-refractivity contribution in [1.82, 2.24) is 0 Å². The molecule has 0 amide bonds. The normalized spacial score (nSPS) is 32.8. The summed E-state index contributed by atoms with van der Waals surface area (Å²) in [4.78, 5) is 0. The summed E-state index contributed by atoms with van der Waals surface area (Å²) >= 11 is 0. The molecule has 0 fully saturated rings. The number of allylic oxidation sites excluding steroid dienone is 1. The van der Waals surface area contributed by atoms with Crippen LogP contribution in [0.4, 0.5) is 17.6 Å². The number of aliphatic hydroxyl groups is 1. The molecule has 0 saturated carbocycles. The third kappa shape index (κ3) is 1.20. The van der Waals surface area contributed by atoms with Crippen LogP contribution >= 0.6 is 0 Å². The topological polar surface area (TPSA) is 20.2 Å². The van der Waals surface area contributed by atoms with E-state index >= 15 is 0 Å². The molecule has 0 spiro atoms. The lowest BCUT2D eigenvalue weighted by molar-refractivity contribution is -0.000401. The molecule has 0 unspecified atom stereocenters. The minimum atomic E-state index is -1.87. The van der Waals surface area contributed by atoms with E-state index in [4.69, 9.17) is 0 Å². The molecule has 0 saturated heterocycles. The van der Waals surface area contributed by atoms with Gasteiger partial charge in [-0.25, -0.2) is 17.6 Å². The van der Waals surface area contributed by atoms with Crippen molar-refractivity contribution < 1.29 is 22.7 Å². The van der Waals surface area contributed by atoms with Crippen LogP contribution in [0.2, 0.25) is 0 Å². The van der Waals surface area contributed by atoms with Crippen molar-refractivity contribution in [2.75, 3.05) is 0 Å². The number of hydrogen-bond acceptors (Lipinski definition) is 1. The molecule has 0 aliphatic heterocycles. The van der Waals surface area contributed by atoms with Crippen molar-refractivity contribution in [3.63, 3.8) is 0 Å². The van der Waals surface area contributed by atoms with Crippen LogP contribution in [-0.4, -0.2) is 5.11 Å². The minimum Gasteiger partial charge on any atom is -0.385 e. The summed E-state index contributed by atoms with van der Waals surface area (Å²) in [6.07, 6.45) is 3.62. The molecule has 5 heteroatoms. The number of benzene rings is 1. The van der Waals surface area contributed by atoms with Crippen LogP contribution in [0.1, 0.15) is 30.4 Å². The summed E-state index contributed by atoms with van der Waals surface area (Å²) in [5.74, 6) is -7.50. The molecule has 3 atom stereocenters. The van der Waals surface area contributed by atoms with Crippen molar-refractivity contribution in [2.24, 2.45) is 5.92 Å². The first-order chi connectivity index (χ1) is 8.35. The molecule has 1 aromatic carbocycles. The lowest BCUT2D eigenvalue weighted by Crippen LogP contribution is -2.37. The first-order valence-corrected chi connectivity index (χ1v) is 5.62. The minimum absolute atomic E-state index is 0.263. The van der Waals surface area contributed by atoms with Gasteiger partial charge >= 0.3 is 0 Å². The van der Waals surface area contributed by atoms with Crippen LogP contribution in [0.15, 0.2) is 12.2 Å². The summed E-state index contributed by atoms with van der Waals surface area (Å²) in [6, 6.07) is 0. The highest BCUT2D eigenvalue weighted by atomic mass is 19.2. The Balaban J connectivity index is 2.42. The van der Waals surface area contributed by atoms with Crippen molar-refractivity contribution in [2.45, 2.75) is 24.9 Å². The number of rotatable bonds is 0. The molecule has 1 aromatic rings. The molecule has 2 bridgehead atoms. The predicted octanol–water partition coefficient (Wildman–Crippen LogP) is 3.12. The third-order valence-corrected chi connectivity index (χ3v) is 3.99. The van der Waals surface area contributed by atoms with E-state index in [-0.39, 0.29) is 5.56 Å². The zero-order valence-electron chi connectivity index (χ0n) is 9.48. The van der Waals surface area contributed by atoms with Gasteiger partial charge in [-0.15, -0.1) is 0 Å². The van der Waals surface area contributed by atoms with Crippen LogP contribution in [0, 0.1) is 29.2 Å². The molecule has 1 N–H and O–H groups in total. The summed E-state index contributed by atoms with van der Waals surface area (Å²) in [7, 11) is 0. The SMILES string of the molecule is C[C@]1(O)c2c(F)c(F)c(F)c(F)c2[C@H]2C=C[C@@H]1C2. The van der Waals surface area contributed by atoms with E-state index in [1.807, 2.05) is 0 Å². The molecule has 18 heavy (non-hydrogen) atoms. The molecule has 2 aliphatic rings. The second kappa shape index (κ2) is 3.35. The van der Waals surface area contributed by atoms with E-state index in [1.54, 1.807) is 12.2 Å². The first-order valence-electron chi connectivity index (χ1n) is 5.62. The summed E-state index contributed by atoms with van der Waals surface area (Å²) in [5.41, 5.74) is -2.44. The molecular weight excluding hydrogens is 248 g/mol. The lowest BCUT2D eigenvalue weighted by Gasteiger charge is -2.37. The van der Waals surface area contributed by atoms with Crippen LogP contribution in [0.5, 0.6) is 0 Å². The van der Waals surface area contributed by atoms with Gasteiger partial charge in [0.25, 0.3) is 0 Å². The largest absolute Gasteiger partial charge is 0.385 e. The quantitative estimate of drug-likeness (QED) is 0.328. The van der Waals surface area contributed by atoms with Gasteiger partial charge < -0.3 is 5.11 Å². The zero-order valence-corrected chi connectivity index (χ0v) is 9.48. The van der Waals surface area contributed by atoms with Crippen LogP contribution in [-0.2, 0) is 5.60 Å². The van der Waals surface area contributed by atoms with Gasteiger partial charge in [0.05, 0.1) is 5.60 Å². The molecule has 96 valence electrons. The molecule has 2 aliphatic carbocycles. The van der Waals surface area contributed by atoms with Crippen molar-refractivity contribution in [3.8, 4) is 0 Å². The van der Waals surface area contributed by atoms with Crippen molar-refractivity contribution in [1.29, 1.82) is 0 Å². The fraction of sp³-hybridized carbons (Fsp3) is 0.385. The van der Waals surface area contributed by atoms with Gasteiger partial charge in [-0.1, -0.05) is 12.2 Å². The third-order valence-electron chi connectivity index (χ3n) is 3.99. The Morgan fingerprint density at radius 3 is 2.33 bits per heavy atom. The summed E-state index contributed by atoms with van der Waals surface area (Å²) in [6.45, 7) is 1.29. The maximum atomic E-state index is 13.8. The number of halogens is 4. The Morgan fingerprint density at radius 2 is 1.67 bits per heavy atom. The Kier molecular flexibility index (Phi) is 2.18. The number of hydrogen-bond donors (Lipinski definition) is 1. The van der Waals surface area contributed by atoms with Gasteiger partial charge in [0.2, 0.25) is 0 Å². The highest BCUT2D eigenvalue weighted by Gasteiger charge is 2.48. The predicted molar refractivity (Wildman–Crippen MR) is 55.8 cm³/mol. The van der Waals surface area contributed by atoms with E-state index in [9.17, 15) is 22.7 Å². The van der Waals surface area contributed by atoms with Gasteiger partial charge in [-0.3, -0.25) is 0 Å². The van der Waals surface area contributed by atoms with Gasteiger partial charge in [0.15, 0.2) is 23.3 Å². The van der Waals surface area contributed by atoms with Gasteiger partial charge in [-0.2, -0.15) is 0 Å². The highest BCUT2D eigenvalue weighted by molar-refractivity contribution is 5.46. The van der Waals surface area contributed by atoms with Crippen LogP contribution in [0.3, 0.4) is 0 Å². The van der Waals surface area contributed by atoms with E-state index in [0.717, 1.165) is 0 Å². The Labute approximate surface area is 101 Å². The molecule has 0 heterocycles. The molecular formula is C13H10F4O. The van der Waals surface area contributed by atoms with Crippen LogP contribution < -0.4 is 0 Å². The summed E-state index contributed by atoms with van der Waals surface area (Å²) in [5, 5.41) is 10.3. The monoisotopic (exact) mass is 258 g/mol. The van der Waals surface area contributed by atoms with Gasteiger partial charge in [-0.05, 0) is 13.3 Å². The Hall–Kier alpha value is -1.36. The highest BCUT2D eigenvalue weighted by Crippen LogP contribution is 2.52. The van der Waals surface area contributed by atoms with Crippen molar-refractivity contribution >= 4 is 0 Å². The average Bonchev–Trinajstić information content (AvgIpc) is 2.76. The molecule has 0 radical (unpaired) electrons. The fourth-order valence-corrected chi connectivity index (χ4v) is 3.01. The summed E-state index contributed by atoms with van der Waals surface area (Å²) < 4.78 is 54.2. The molecule has 0 aromatic heterocycles. The van der Waals surface area contributed by atoms with Crippen molar-refractivity contribution in [3.05, 3.63) is 46.5 Å². The van der Waals surface area contributed by atoms with Gasteiger partial charge in [0, 0.05) is 23.0 Å². The lowest BCUT2D eigenvalue weighted by atomic mass is 9.71. The molecule has 1 nitrogen and oxygen atoms in total. The second-order valence-corrected chi connectivity index (χ2v) is 5.03. The molecule has 3 rings (SSSR count). The Morgan fingerprint density at radius 1 is 1.06 bits per heavy atom. The number of fused-ring (bicyclic) bond motifs is 4. The Bertz CT molecular complexity index is 577. The first kappa shape index (κ1) is 11.7. The smallest absolute Gasteiger partial charge is 0.197 e. The van der Waals surface area contributed by atoms with E-state index < -0.39 is 46.3 Å². The van der Waals surface area contributed by atoms with E-state index in [2.05, 4.69) is 0 Å². The van der Waals surface area contributed by atoms with Crippen LogP contribution in [0.25, 0.3) is 0 Å². The fourth-order valence-electron chi connectivity index (χ4n) is 3.01. The van der Waals surface area contributed by atoms with Gasteiger partial charge in [0.1, 0.15) is 0 Å². The van der Waals surface area contributed by atoms with E-state index in [0.29, 0.717) is 6.42 Å². The average molecular weight is 258 g/mol. The zero-order chi connectivity index (χ0) is 13.2. The maximum absolute atomic E-state index is 13.8. The maximum Gasteiger partial charge on any atom is 0.197 e. The van der Waals surface area contributed by atoms with E-state index in [1.165, 1.54) is 6.92 Å². The second-order valence-electron chi connectivity index (χ2n) is 5.03. The standard InChI is InChI=1S/C13H10F4O/c1-13(18)6-3-2-5(4-6)7-8(13)10(15)12(17)11(16)9(7)14/h2-3,5-6,18H,4H2,1H3/t5-,6+,13+/m0/s1.